The number of aryl methyl sites for hydroxylation is 3. The van der Waals surface area contributed by atoms with Crippen molar-refractivity contribution in [3.05, 3.63) is 174 Å². The van der Waals surface area contributed by atoms with E-state index in [-0.39, 0.29) is 0 Å². The summed E-state index contributed by atoms with van der Waals surface area (Å²) < 4.78 is 6.81. The van der Waals surface area contributed by atoms with Crippen molar-refractivity contribution in [2.75, 3.05) is 4.90 Å². The smallest absolute Gasteiger partial charge is 0.143 e. The van der Waals surface area contributed by atoms with Gasteiger partial charge >= 0.3 is 0 Å². The Balaban J connectivity index is 1.25. The topological polar surface area (TPSA) is 16.4 Å². The Morgan fingerprint density at radius 3 is 1.68 bits per heavy atom. The summed E-state index contributed by atoms with van der Waals surface area (Å²) in [7, 11) is 0. The average Bonchev–Trinajstić information content (AvgIpc) is 3.50. The largest absolute Gasteiger partial charge is 0.455 e. The molecule has 0 aliphatic heterocycles. The van der Waals surface area contributed by atoms with E-state index in [0.717, 1.165) is 50.1 Å². The van der Waals surface area contributed by atoms with Crippen LogP contribution in [0.3, 0.4) is 0 Å². The standard InChI is InChI=1S/C45H35NO/c1-30-13-10-16-35(27-30)38-19-11-20-39-40-21-12-22-41(45(40)47-44(38)39)42-28-32(3)43(29-31(42)2)46(36-17-8-5-9-18-36)37-25-23-34(24-26-37)33-14-6-4-7-15-33/h4-29H,1-3H3. The number of rotatable bonds is 6. The van der Waals surface area contributed by atoms with Gasteiger partial charge in [0.05, 0.1) is 0 Å². The molecule has 0 radical (unpaired) electrons. The molecule has 1 aromatic heterocycles. The molecule has 0 bridgehead atoms. The lowest BCUT2D eigenvalue weighted by atomic mass is 9.94. The van der Waals surface area contributed by atoms with E-state index >= 15 is 0 Å². The van der Waals surface area contributed by atoms with Crippen LogP contribution in [0.5, 0.6) is 0 Å². The molecule has 8 aromatic rings. The first kappa shape index (κ1) is 28.6. The van der Waals surface area contributed by atoms with E-state index < -0.39 is 0 Å². The van der Waals surface area contributed by atoms with Crippen molar-refractivity contribution in [1.29, 1.82) is 0 Å². The molecule has 0 N–H and O–H groups in total. The minimum atomic E-state index is 0.925. The highest BCUT2D eigenvalue weighted by Gasteiger charge is 2.20. The zero-order chi connectivity index (χ0) is 31.9. The minimum Gasteiger partial charge on any atom is -0.455 e. The summed E-state index contributed by atoms with van der Waals surface area (Å²) >= 11 is 0. The SMILES string of the molecule is Cc1cccc(-c2cccc3c2oc2c(-c4cc(C)c(N(c5ccccc5)c5ccc(-c6ccccc6)cc5)cc4C)cccc23)c1. The van der Waals surface area contributed by atoms with Crippen LogP contribution < -0.4 is 4.90 Å². The Bertz CT molecular complexity index is 2370. The van der Waals surface area contributed by atoms with Gasteiger partial charge in [-0.25, -0.2) is 0 Å². The van der Waals surface area contributed by atoms with E-state index in [1.54, 1.807) is 0 Å². The zero-order valence-corrected chi connectivity index (χ0v) is 26.9. The fourth-order valence-electron chi connectivity index (χ4n) is 6.84. The van der Waals surface area contributed by atoms with Gasteiger partial charge in [0.15, 0.2) is 0 Å². The maximum atomic E-state index is 6.81. The molecule has 0 spiro atoms. The van der Waals surface area contributed by atoms with E-state index in [1.807, 2.05) is 0 Å². The normalized spacial score (nSPS) is 11.3. The highest BCUT2D eigenvalue weighted by atomic mass is 16.3. The second-order valence-electron chi connectivity index (χ2n) is 12.4. The van der Waals surface area contributed by atoms with E-state index in [9.17, 15) is 0 Å². The summed E-state index contributed by atoms with van der Waals surface area (Å²) in [4.78, 5) is 2.36. The van der Waals surface area contributed by atoms with Crippen molar-refractivity contribution in [1.82, 2.24) is 0 Å². The number of anilines is 3. The number of hydrogen-bond acceptors (Lipinski definition) is 2. The molecule has 8 rings (SSSR count). The molecule has 47 heavy (non-hydrogen) atoms. The molecule has 2 nitrogen and oxygen atoms in total. The third-order valence-electron chi connectivity index (χ3n) is 9.17. The number of benzene rings is 7. The number of hydrogen-bond donors (Lipinski definition) is 0. The lowest BCUT2D eigenvalue weighted by Gasteiger charge is -2.28. The average molecular weight is 606 g/mol. The number of nitrogens with zero attached hydrogens (tertiary/aromatic N) is 1. The van der Waals surface area contributed by atoms with Crippen molar-refractivity contribution in [2.24, 2.45) is 0 Å². The lowest BCUT2D eigenvalue weighted by Crippen LogP contribution is -2.11. The van der Waals surface area contributed by atoms with Gasteiger partial charge < -0.3 is 9.32 Å². The van der Waals surface area contributed by atoms with E-state index in [2.05, 4.69) is 183 Å². The van der Waals surface area contributed by atoms with Crippen LogP contribution in [0, 0.1) is 20.8 Å². The van der Waals surface area contributed by atoms with Crippen molar-refractivity contribution < 1.29 is 4.42 Å². The van der Waals surface area contributed by atoms with Gasteiger partial charge in [-0.2, -0.15) is 0 Å². The fourth-order valence-corrected chi connectivity index (χ4v) is 6.84. The minimum absolute atomic E-state index is 0.925. The molecule has 2 heteroatoms. The van der Waals surface area contributed by atoms with Crippen LogP contribution in [0.15, 0.2) is 162 Å². The van der Waals surface area contributed by atoms with Crippen LogP contribution in [0.25, 0.3) is 55.3 Å². The van der Waals surface area contributed by atoms with Crippen LogP contribution in [0.2, 0.25) is 0 Å². The first-order chi connectivity index (χ1) is 23.0. The summed E-state index contributed by atoms with van der Waals surface area (Å²) in [5.41, 5.74) is 15.9. The zero-order valence-electron chi connectivity index (χ0n) is 26.9. The van der Waals surface area contributed by atoms with Gasteiger partial charge in [0, 0.05) is 39.0 Å². The Hall–Kier alpha value is -5.86. The Kier molecular flexibility index (Phi) is 7.19. The molecule has 7 aromatic carbocycles. The van der Waals surface area contributed by atoms with E-state index in [1.165, 1.54) is 38.9 Å². The maximum absolute atomic E-state index is 6.81. The quantitative estimate of drug-likeness (QED) is 0.187. The monoisotopic (exact) mass is 605 g/mol. The molecule has 0 aliphatic rings. The molecule has 226 valence electrons. The Labute approximate surface area is 276 Å². The predicted molar refractivity (Wildman–Crippen MR) is 199 cm³/mol. The molecular formula is C45H35NO. The van der Waals surface area contributed by atoms with Gasteiger partial charge in [-0.05, 0) is 90.6 Å². The van der Waals surface area contributed by atoms with Gasteiger partial charge in [0.2, 0.25) is 0 Å². The summed E-state index contributed by atoms with van der Waals surface area (Å²) in [6, 6.07) is 56.3. The van der Waals surface area contributed by atoms with Gasteiger partial charge in [-0.1, -0.05) is 127 Å². The predicted octanol–water partition coefficient (Wildman–Crippen LogP) is 13.0. The molecule has 1 heterocycles. The van der Waals surface area contributed by atoms with Crippen molar-refractivity contribution >= 4 is 39.0 Å². The third kappa shape index (κ3) is 5.18. The van der Waals surface area contributed by atoms with E-state index in [0.29, 0.717) is 0 Å². The molecule has 0 fully saturated rings. The fraction of sp³-hybridized carbons (Fsp3) is 0.0667. The van der Waals surface area contributed by atoms with Gasteiger partial charge in [-0.15, -0.1) is 0 Å². The molecule has 0 aliphatic carbocycles. The number of fused-ring (bicyclic) bond motifs is 3. The van der Waals surface area contributed by atoms with Crippen LogP contribution >= 0.6 is 0 Å². The lowest BCUT2D eigenvalue weighted by molar-refractivity contribution is 0.671. The van der Waals surface area contributed by atoms with Crippen LogP contribution in [0.4, 0.5) is 17.1 Å². The van der Waals surface area contributed by atoms with Crippen molar-refractivity contribution in [3.8, 4) is 33.4 Å². The summed E-state index contributed by atoms with van der Waals surface area (Å²) in [5, 5.41) is 2.28. The summed E-state index contributed by atoms with van der Waals surface area (Å²) in [6.07, 6.45) is 0. The summed E-state index contributed by atoms with van der Waals surface area (Å²) in [5.74, 6) is 0. The molecular weight excluding hydrogens is 571 g/mol. The van der Waals surface area contributed by atoms with Gasteiger partial charge in [0.1, 0.15) is 11.2 Å². The second-order valence-corrected chi connectivity index (χ2v) is 12.4. The van der Waals surface area contributed by atoms with Gasteiger partial charge in [0.25, 0.3) is 0 Å². The third-order valence-corrected chi connectivity index (χ3v) is 9.17. The van der Waals surface area contributed by atoms with Crippen LogP contribution in [-0.4, -0.2) is 0 Å². The molecule has 0 amide bonds. The number of para-hydroxylation sites is 3. The molecule has 0 saturated carbocycles. The first-order valence-corrected chi connectivity index (χ1v) is 16.2. The highest BCUT2D eigenvalue weighted by molar-refractivity contribution is 6.13. The Morgan fingerprint density at radius 1 is 0.404 bits per heavy atom. The second kappa shape index (κ2) is 11.8. The van der Waals surface area contributed by atoms with Gasteiger partial charge in [-0.3, -0.25) is 0 Å². The maximum Gasteiger partial charge on any atom is 0.143 e. The Morgan fingerprint density at radius 2 is 0.979 bits per heavy atom. The van der Waals surface area contributed by atoms with E-state index in [4.69, 9.17) is 4.42 Å². The van der Waals surface area contributed by atoms with Crippen molar-refractivity contribution in [3.63, 3.8) is 0 Å². The first-order valence-electron chi connectivity index (χ1n) is 16.2. The molecule has 0 unspecified atom stereocenters. The van der Waals surface area contributed by atoms with Crippen molar-refractivity contribution in [2.45, 2.75) is 20.8 Å². The number of furan rings is 1. The highest BCUT2D eigenvalue weighted by Crippen LogP contribution is 2.44. The molecule has 0 saturated heterocycles. The van der Waals surface area contributed by atoms with Crippen LogP contribution in [0.1, 0.15) is 16.7 Å². The van der Waals surface area contributed by atoms with Crippen LogP contribution in [-0.2, 0) is 0 Å². The molecule has 0 atom stereocenters. The summed E-state index contributed by atoms with van der Waals surface area (Å²) in [6.45, 7) is 6.55.